The predicted molar refractivity (Wildman–Crippen MR) is 91.5 cm³/mol. The second kappa shape index (κ2) is 5.24. The summed E-state index contributed by atoms with van der Waals surface area (Å²) in [7, 11) is 0. The average molecular weight is 306 g/mol. The van der Waals surface area contributed by atoms with Gasteiger partial charge < -0.3 is 5.32 Å². The van der Waals surface area contributed by atoms with Crippen LogP contribution in [0.1, 0.15) is 86.0 Å². The molecule has 0 radical (unpaired) electrons. The molecule has 4 aliphatic rings. The molecule has 0 heterocycles. The molecule has 4 fully saturated rings. The van der Waals surface area contributed by atoms with Crippen molar-refractivity contribution in [2.75, 3.05) is 0 Å². The van der Waals surface area contributed by atoms with Crippen molar-refractivity contribution in [2.45, 2.75) is 91.5 Å². The van der Waals surface area contributed by atoms with E-state index < -0.39 is 0 Å². The lowest BCUT2D eigenvalue weighted by molar-refractivity contribution is -0.132. The maximum atomic E-state index is 11.9. The Morgan fingerprint density at radius 2 is 1.45 bits per heavy atom. The minimum Gasteiger partial charge on any atom is -0.351 e. The molecular formula is C20H35NO. The van der Waals surface area contributed by atoms with Crippen LogP contribution >= 0.6 is 0 Å². The maximum Gasteiger partial charge on any atom is 0.220 e. The van der Waals surface area contributed by atoms with Gasteiger partial charge in [0.25, 0.3) is 0 Å². The van der Waals surface area contributed by atoms with E-state index in [1.54, 1.807) is 0 Å². The highest BCUT2D eigenvalue weighted by Crippen LogP contribution is 2.67. The minimum absolute atomic E-state index is 0.0973. The fourth-order valence-electron chi connectivity index (χ4n) is 6.74. The molecule has 2 nitrogen and oxygen atoms in total. The predicted octanol–water partition coefficient (Wildman–Crippen LogP) is 4.92. The first-order valence-electron chi connectivity index (χ1n) is 9.46. The molecule has 0 saturated heterocycles. The van der Waals surface area contributed by atoms with Crippen molar-refractivity contribution in [1.82, 2.24) is 5.32 Å². The Kier molecular flexibility index (Phi) is 3.89. The molecule has 0 aliphatic heterocycles. The van der Waals surface area contributed by atoms with Gasteiger partial charge in [-0.15, -0.1) is 0 Å². The number of amides is 1. The highest BCUT2D eigenvalue weighted by Gasteiger charge is 2.57. The van der Waals surface area contributed by atoms with Crippen molar-refractivity contribution in [3.8, 4) is 0 Å². The number of nitrogens with one attached hydrogen (secondary N) is 1. The maximum absolute atomic E-state index is 11.9. The molecule has 4 aliphatic carbocycles. The molecule has 2 heteroatoms. The van der Waals surface area contributed by atoms with E-state index in [2.05, 4.69) is 33.0 Å². The fraction of sp³-hybridized carbons (Fsp3) is 0.950. The van der Waals surface area contributed by atoms with Crippen LogP contribution in [0.25, 0.3) is 0 Å². The van der Waals surface area contributed by atoms with Crippen molar-refractivity contribution < 1.29 is 4.79 Å². The summed E-state index contributed by atoms with van der Waals surface area (Å²) in [4.78, 5) is 11.9. The van der Waals surface area contributed by atoms with Crippen molar-refractivity contribution in [3.63, 3.8) is 0 Å². The quantitative estimate of drug-likeness (QED) is 0.767. The van der Waals surface area contributed by atoms with Crippen LogP contribution in [-0.4, -0.2) is 11.4 Å². The third kappa shape index (κ3) is 2.83. The minimum atomic E-state index is -0.0973. The molecule has 22 heavy (non-hydrogen) atoms. The van der Waals surface area contributed by atoms with E-state index in [0.29, 0.717) is 17.3 Å². The Labute approximate surface area is 136 Å². The van der Waals surface area contributed by atoms with Gasteiger partial charge >= 0.3 is 0 Å². The zero-order valence-corrected chi connectivity index (χ0v) is 15.3. The van der Waals surface area contributed by atoms with E-state index in [0.717, 1.165) is 24.2 Å². The molecule has 1 N–H and O–H groups in total. The molecule has 4 saturated carbocycles. The van der Waals surface area contributed by atoms with E-state index >= 15 is 0 Å². The third-order valence-electron chi connectivity index (χ3n) is 7.16. The molecule has 4 bridgehead atoms. The first-order valence-corrected chi connectivity index (χ1v) is 9.46. The highest BCUT2D eigenvalue weighted by molar-refractivity contribution is 5.76. The summed E-state index contributed by atoms with van der Waals surface area (Å²) in [5, 5.41) is 3.26. The summed E-state index contributed by atoms with van der Waals surface area (Å²) in [6.07, 6.45) is 10.5. The van der Waals surface area contributed by atoms with Crippen molar-refractivity contribution in [2.24, 2.45) is 28.6 Å². The topological polar surface area (TPSA) is 29.1 Å². The van der Waals surface area contributed by atoms with Crippen molar-refractivity contribution >= 4 is 5.91 Å². The molecular weight excluding hydrogens is 270 g/mol. The Morgan fingerprint density at radius 3 is 1.86 bits per heavy atom. The van der Waals surface area contributed by atoms with Gasteiger partial charge in [-0.2, -0.15) is 0 Å². The Morgan fingerprint density at radius 1 is 1.00 bits per heavy atom. The normalized spacial score (nSPS) is 37.4. The molecule has 4 rings (SSSR count). The number of rotatable bonds is 5. The fourth-order valence-corrected chi connectivity index (χ4v) is 6.74. The van der Waals surface area contributed by atoms with Crippen LogP contribution in [-0.2, 0) is 4.79 Å². The average Bonchev–Trinajstić information content (AvgIpc) is 2.34. The zero-order chi connectivity index (χ0) is 16.2. The lowest BCUT2D eigenvalue weighted by atomic mass is 9.42. The molecule has 126 valence electrons. The lowest BCUT2D eigenvalue weighted by Gasteiger charge is -2.63. The van der Waals surface area contributed by atoms with Crippen molar-refractivity contribution in [3.05, 3.63) is 0 Å². The van der Waals surface area contributed by atoms with Gasteiger partial charge in [-0.25, -0.2) is 0 Å². The second-order valence-corrected chi connectivity index (χ2v) is 10.0. The van der Waals surface area contributed by atoms with Crippen LogP contribution in [0.3, 0.4) is 0 Å². The van der Waals surface area contributed by atoms with Gasteiger partial charge in [0.15, 0.2) is 0 Å². The number of carbonyl (C=O) groups excluding carboxylic acids is 1. The lowest BCUT2D eigenvalue weighted by Crippen LogP contribution is -2.56. The molecule has 0 aromatic carbocycles. The van der Waals surface area contributed by atoms with E-state index in [1.165, 1.54) is 38.5 Å². The van der Waals surface area contributed by atoms with Crippen molar-refractivity contribution in [1.29, 1.82) is 0 Å². The van der Waals surface area contributed by atoms with E-state index in [9.17, 15) is 4.79 Å². The van der Waals surface area contributed by atoms with Gasteiger partial charge in [0.05, 0.1) is 0 Å². The molecule has 0 spiro atoms. The van der Waals surface area contributed by atoms with E-state index in [1.807, 2.05) is 6.92 Å². The summed E-state index contributed by atoms with van der Waals surface area (Å²) in [6, 6.07) is 0. The zero-order valence-electron chi connectivity index (χ0n) is 15.3. The van der Waals surface area contributed by atoms with Gasteiger partial charge in [-0.3, -0.25) is 4.79 Å². The number of carbonyl (C=O) groups is 1. The van der Waals surface area contributed by atoms with Crippen LogP contribution in [0.4, 0.5) is 0 Å². The van der Waals surface area contributed by atoms with E-state index in [4.69, 9.17) is 0 Å². The monoisotopic (exact) mass is 305 g/mol. The van der Waals surface area contributed by atoms with Crippen LogP contribution in [0.5, 0.6) is 0 Å². The van der Waals surface area contributed by atoms with Crippen LogP contribution < -0.4 is 5.32 Å². The summed E-state index contributed by atoms with van der Waals surface area (Å²) in [5.74, 6) is 3.18. The van der Waals surface area contributed by atoms with Crippen LogP contribution in [0.15, 0.2) is 0 Å². The van der Waals surface area contributed by atoms with Crippen LogP contribution in [0.2, 0.25) is 0 Å². The van der Waals surface area contributed by atoms with Crippen LogP contribution in [0, 0.1) is 28.6 Å². The molecule has 1 amide bonds. The smallest absolute Gasteiger partial charge is 0.220 e. The summed E-state index contributed by atoms with van der Waals surface area (Å²) in [6.45, 7) is 11.3. The highest BCUT2D eigenvalue weighted by atomic mass is 16.1. The summed E-state index contributed by atoms with van der Waals surface area (Å²) < 4.78 is 0. The standard InChI is InChI=1S/C20H35NO/c1-6-17(22)21-19(4,5)13-18(2,3)20-10-14-7-15(11-20)9-16(8-14)12-20/h14-16H,6-13H2,1-5H3,(H,21,22). The van der Waals surface area contributed by atoms with Gasteiger partial charge in [-0.05, 0) is 87.4 Å². The molecule has 0 unspecified atom stereocenters. The summed E-state index contributed by atoms with van der Waals surface area (Å²) in [5.41, 5.74) is 0.753. The van der Waals surface area contributed by atoms with Gasteiger partial charge in [0.1, 0.15) is 0 Å². The third-order valence-corrected chi connectivity index (χ3v) is 7.16. The molecule has 0 atom stereocenters. The van der Waals surface area contributed by atoms with Gasteiger partial charge in [0, 0.05) is 12.0 Å². The van der Waals surface area contributed by atoms with E-state index in [-0.39, 0.29) is 11.4 Å². The first kappa shape index (κ1) is 16.3. The van der Waals surface area contributed by atoms with Gasteiger partial charge in [-0.1, -0.05) is 20.8 Å². The SMILES string of the molecule is CCC(=O)NC(C)(C)CC(C)(C)C12CC3CC(CC(C3)C1)C2. The Bertz CT molecular complexity index is 413. The first-order chi connectivity index (χ1) is 10.1. The molecule has 0 aromatic rings. The number of hydrogen-bond acceptors (Lipinski definition) is 1. The largest absolute Gasteiger partial charge is 0.351 e. The Balaban J connectivity index is 1.76. The number of hydrogen-bond donors (Lipinski definition) is 1. The summed E-state index contributed by atoms with van der Waals surface area (Å²) >= 11 is 0. The second-order valence-electron chi connectivity index (χ2n) is 10.0. The van der Waals surface area contributed by atoms with Gasteiger partial charge in [0.2, 0.25) is 5.91 Å². The Hall–Kier alpha value is -0.530. The molecule has 0 aromatic heterocycles.